The molecule has 1 heterocycles. The van der Waals surface area contributed by atoms with E-state index in [4.69, 9.17) is 17.3 Å². The van der Waals surface area contributed by atoms with Gasteiger partial charge in [0, 0.05) is 22.8 Å². The largest absolute Gasteiger partial charge is 0.399 e. The van der Waals surface area contributed by atoms with E-state index in [9.17, 15) is 0 Å². The molecule has 0 spiro atoms. The summed E-state index contributed by atoms with van der Waals surface area (Å²) in [5.41, 5.74) is 7.70. The number of halogens is 1. The van der Waals surface area contributed by atoms with E-state index in [-0.39, 0.29) is 0 Å². The zero-order chi connectivity index (χ0) is 11.8. The van der Waals surface area contributed by atoms with E-state index in [1.807, 2.05) is 29.1 Å². The lowest BCUT2D eigenvalue weighted by Crippen LogP contribution is -2.28. The van der Waals surface area contributed by atoms with Gasteiger partial charge in [0.15, 0.2) is 0 Å². The van der Waals surface area contributed by atoms with Gasteiger partial charge in [0.05, 0.1) is 12.2 Å². The molecule has 0 aliphatic heterocycles. The summed E-state index contributed by atoms with van der Waals surface area (Å²) in [6.07, 6.45) is 5.83. The number of hydrogen-bond donors (Lipinski definition) is 1. The fourth-order valence-electron chi connectivity index (χ4n) is 2.40. The Kier molecular flexibility index (Phi) is 2.52. The lowest BCUT2D eigenvalue weighted by molar-refractivity contribution is 0.233. The molecule has 1 fully saturated rings. The Balaban J connectivity index is 1.92. The van der Waals surface area contributed by atoms with E-state index in [0.717, 1.165) is 29.1 Å². The molecule has 2 N–H and O–H groups in total. The van der Waals surface area contributed by atoms with E-state index in [2.05, 4.69) is 10.3 Å². The normalized spacial score (nSPS) is 23.4. The average Bonchev–Trinajstić information content (AvgIpc) is 2.75. The number of nitrogens with two attached hydrogens (primary N) is 1. The maximum absolute atomic E-state index is 6.23. The molecule has 0 unspecified atom stereocenters. The van der Waals surface area contributed by atoms with E-state index in [1.165, 1.54) is 0 Å². The molecule has 2 atom stereocenters. The number of rotatable bonds is 2. The van der Waals surface area contributed by atoms with Gasteiger partial charge in [-0.15, -0.1) is 5.10 Å². The van der Waals surface area contributed by atoms with Crippen LogP contribution in [0.3, 0.4) is 0 Å². The Labute approximate surface area is 104 Å². The predicted molar refractivity (Wildman–Crippen MR) is 66.9 cm³/mol. The lowest BCUT2D eigenvalue weighted by Gasteiger charge is -2.37. The van der Waals surface area contributed by atoms with Gasteiger partial charge in [-0.3, -0.25) is 0 Å². The molecular formula is C12H13ClN4. The summed E-state index contributed by atoms with van der Waals surface area (Å²) in [5.74, 6) is 0.396. The third kappa shape index (κ3) is 1.78. The molecule has 3 rings (SSSR count). The third-order valence-electron chi connectivity index (χ3n) is 3.44. The second-order valence-corrected chi connectivity index (χ2v) is 4.82. The topological polar surface area (TPSA) is 56.7 Å². The van der Waals surface area contributed by atoms with Crippen molar-refractivity contribution in [1.29, 1.82) is 0 Å². The third-order valence-corrected chi connectivity index (χ3v) is 3.78. The summed E-state index contributed by atoms with van der Waals surface area (Å²) < 4.78 is 1.91. The average molecular weight is 249 g/mol. The van der Waals surface area contributed by atoms with Gasteiger partial charge in [0.1, 0.15) is 0 Å². The molecule has 0 radical (unpaired) electrons. The van der Waals surface area contributed by atoms with Gasteiger partial charge in [0.2, 0.25) is 0 Å². The van der Waals surface area contributed by atoms with Crippen LogP contribution in [0.25, 0.3) is 0 Å². The predicted octanol–water partition coefficient (Wildman–Crippen LogP) is 2.63. The first-order valence-electron chi connectivity index (χ1n) is 5.66. The Morgan fingerprint density at radius 3 is 2.88 bits per heavy atom. The van der Waals surface area contributed by atoms with E-state index in [0.29, 0.717) is 12.0 Å². The van der Waals surface area contributed by atoms with Gasteiger partial charge in [-0.05, 0) is 36.6 Å². The molecule has 1 aliphatic carbocycles. The number of benzene rings is 1. The van der Waals surface area contributed by atoms with Gasteiger partial charge in [-0.1, -0.05) is 16.8 Å². The van der Waals surface area contributed by atoms with Gasteiger partial charge >= 0.3 is 0 Å². The van der Waals surface area contributed by atoms with Crippen molar-refractivity contribution in [2.45, 2.75) is 24.8 Å². The fourth-order valence-corrected chi connectivity index (χ4v) is 2.66. The van der Waals surface area contributed by atoms with Gasteiger partial charge in [0.25, 0.3) is 0 Å². The minimum Gasteiger partial charge on any atom is -0.399 e. The molecular weight excluding hydrogens is 236 g/mol. The zero-order valence-corrected chi connectivity index (χ0v) is 10.0. The Hall–Kier alpha value is -1.55. The van der Waals surface area contributed by atoms with Crippen molar-refractivity contribution in [3.05, 3.63) is 41.2 Å². The van der Waals surface area contributed by atoms with Crippen molar-refractivity contribution in [3.8, 4) is 0 Å². The SMILES string of the molecule is Nc1ccc(Cl)c([C@@H]2CC[C@H]2n2ccnn2)c1. The standard InChI is InChI=1S/C12H13ClN4/c13-11-3-1-8(14)7-10(11)9-2-4-12(9)17-6-5-15-16-17/h1,3,5-7,9,12H,2,4,14H2/t9-,12+/m0/s1. The number of aromatic nitrogens is 3. The second kappa shape index (κ2) is 4.04. The molecule has 17 heavy (non-hydrogen) atoms. The van der Waals surface area contributed by atoms with Crippen molar-refractivity contribution in [1.82, 2.24) is 15.0 Å². The molecule has 0 saturated heterocycles. The molecule has 2 aromatic rings. The Bertz CT molecular complexity index is 523. The van der Waals surface area contributed by atoms with Crippen LogP contribution in [0, 0.1) is 0 Å². The fraction of sp³-hybridized carbons (Fsp3) is 0.333. The molecule has 4 nitrogen and oxygen atoms in total. The second-order valence-electron chi connectivity index (χ2n) is 4.42. The summed E-state index contributed by atoms with van der Waals surface area (Å²) in [4.78, 5) is 0. The van der Waals surface area contributed by atoms with Crippen molar-refractivity contribution < 1.29 is 0 Å². The van der Waals surface area contributed by atoms with Crippen LogP contribution in [0.15, 0.2) is 30.6 Å². The minimum absolute atomic E-state index is 0.358. The minimum atomic E-state index is 0.358. The van der Waals surface area contributed by atoms with E-state index >= 15 is 0 Å². The van der Waals surface area contributed by atoms with Gasteiger partial charge < -0.3 is 5.73 Å². The summed E-state index contributed by atoms with van der Waals surface area (Å²) in [6.45, 7) is 0. The van der Waals surface area contributed by atoms with Crippen molar-refractivity contribution >= 4 is 17.3 Å². The molecule has 1 saturated carbocycles. The number of nitrogen functional groups attached to an aromatic ring is 1. The Morgan fingerprint density at radius 2 is 2.24 bits per heavy atom. The molecule has 0 amide bonds. The highest BCUT2D eigenvalue weighted by Gasteiger charge is 2.35. The van der Waals surface area contributed by atoms with Gasteiger partial charge in [-0.2, -0.15) is 0 Å². The zero-order valence-electron chi connectivity index (χ0n) is 9.25. The first-order valence-corrected chi connectivity index (χ1v) is 6.04. The highest BCUT2D eigenvalue weighted by atomic mass is 35.5. The van der Waals surface area contributed by atoms with Crippen LogP contribution in [0.2, 0.25) is 5.02 Å². The summed E-state index contributed by atoms with van der Waals surface area (Å²) >= 11 is 6.23. The summed E-state index contributed by atoms with van der Waals surface area (Å²) in [5, 5.41) is 8.69. The lowest BCUT2D eigenvalue weighted by atomic mass is 9.75. The number of anilines is 1. The number of hydrogen-bond acceptors (Lipinski definition) is 3. The van der Waals surface area contributed by atoms with Crippen LogP contribution in [-0.4, -0.2) is 15.0 Å². The van der Waals surface area contributed by atoms with Crippen LogP contribution in [0.5, 0.6) is 0 Å². The van der Waals surface area contributed by atoms with E-state index < -0.39 is 0 Å². The smallest absolute Gasteiger partial charge is 0.0693 e. The van der Waals surface area contributed by atoms with Crippen molar-refractivity contribution in [2.75, 3.05) is 5.73 Å². The highest BCUT2D eigenvalue weighted by molar-refractivity contribution is 6.31. The van der Waals surface area contributed by atoms with Crippen molar-refractivity contribution in [2.24, 2.45) is 0 Å². The van der Waals surface area contributed by atoms with Crippen LogP contribution in [-0.2, 0) is 0 Å². The monoisotopic (exact) mass is 248 g/mol. The maximum atomic E-state index is 6.23. The molecule has 1 aromatic carbocycles. The maximum Gasteiger partial charge on any atom is 0.0693 e. The van der Waals surface area contributed by atoms with Crippen LogP contribution >= 0.6 is 11.6 Å². The highest BCUT2D eigenvalue weighted by Crippen LogP contribution is 2.47. The van der Waals surface area contributed by atoms with Crippen LogP contribution < -0.4 is 5.73 Å². The number of nitrogens with zero attached hydrogens (tertiary/aromatic N) is 3. The molecule has 5 heteroatoms. The van der Waals surface area contributed by atoms with Crippen molar-refractivity contribution in [3.63, 3.8) is 0 Å². The molecule has 88 valence electrons. The van der Waals surface area contributed by atoms with E-state index in [1.54, 1.807) is 6.20 Å². The van der Waals surface area contributed by atoms with Crippen LogP contribution in [0.4, 0.5) is 5.69 Å². The van der Waals surface area contributed by atoms with Crippen LogP contribution in [0.1, 0.15) is 30.4 Å². The molecule has 1 aromatic heterocycles. The Morgan fingerprint density at radius 1 is 1.35 bits per heavy atom. The van der Waals surface area contributed by atoms with Gasteiger partial charge in [-0.25, -0.2) is 4.68 Å². The summed E-state index contributed by atoms with van der Waals surface area (Å²) in [6, 6.07) is 6.02. The first kappa shape index (κ1) is 10.6. The first-order chi connectivity index (χ1) is 8.25. The quantitative estimate of drug-likeness (QED) is 0.832. The molecule has 1 aliphatic rings. The molecule has 0 bridgehead atoms. The summed E-state index contributed by atoms with van der Waals surface area (Å²) in [7, 11) is 0.